The highest BCUT2D eigenvalue weighted by atomic mass is 16.5. The Morgan fingerprint density at radius 3 is 2.56 bits per heavy atom. The monoisotopic (exact) mass is 247 g/mol. The number of benzene rings is 1. The van der Waals surface area contributed by atoms with E-state index in [9.17, 15) is 0 Å². The lowest BCUT2D eigenvalue weighted by molar-refractivity contribution is 0.0158. The summed E-state index contributed by atoms with van der Waals surface area (Å²) in [6, 6.07) is 9.15. The molecule has 0 radical (unpaired) electrons. The number of nitrogens with one attached hydrogen (secondary N) is 1. The van der Waals surface area contributed by atoms with E-state index >= 15 is 0 Å². The zero-order valence-corrected chi connectivity index (χ0v) is 11.8. The molecule has 1 atom stereocenters. The maximum absolute atomic E-state index is 5.46. The van der Waals surface area contributed by atoms with Crippen molar-refractivity contribution in [2.24, 2.45) is 0 Å². The van der Waals surface area contributed by atoms with Crippen molar-refractivity contribution in [3.63, 3.8) is 0 Å². The molecule has 18 heavy (non-hydrogen) atoms. The summed E-state index contributed by atoms with van der Waals surface area (Å²) in [6.07, 6.45) is 3.42. The van der Waals surface area contributed by atoms with Crippen molar-refractivity contribution < 1.29 is 4.74 Å². The number of rotatable bonds is 5. The summed E-state index contributed by atoms with van der Waals surface area (Å²) in [7, 11) is 1.79. The molecule has 0 saturated carbocycles. The third kappa shape index (κ3) is 3.56. The van der Waals surface area contributed by atoms with Crippen LogP contribution in [0.15, 0.2) is 24.3 Å². The van der Waals surface area contributed by atoms with Crippen LogP contribution in [0.4, 0.5) is 0 Å². The molecule has 1 saturated heterocycles. The fourth-order valence-corrected chi connectivity index (χ4v) is 2.44. The van der Waals surface area contributed by atoms with Crippen LogP contribution in [0.3, 0.4) is 0 Å². The van der Waals surface area contributed by atoms with Crippen LogP contribution < -0.4 is 5.32 Å². The zero-order chi connectivity index (χ0) is 13.0. The van der Waals surface area contributed by atoms with Crippen molar-refractivity contribution in [3.8, 4) is 0 Å². The molecule has 0 aliphatic carbocycles. The second kappa shape index (κ2) is 5.85. The van der Waals surface area contributed by atoms with E-state index < -0.39 is 0 Å². The topological polar surface area (TPSA) is 21.3 Å². The molecule has 0 amide bonds. The first-order valence-corrected chi connectivity index (χ1v) is 6.95. The van der Waals surface area contributed by atoms with E-state index in [1.165, 1.54) is 17.5 Å². The van der Waals surface area contributed by atoms with Gasteiger partial charge in [-0.05, 0) is 56.7 Å². The van der Waals surface area contributed by atoms with Crippen LogP contribution in [0, 0.1) is 0 Å². The molecule has 1 aromatic carbocycles. The van der Waals surface area contributed by atoms with Gasteiger partial charge in [-0.1, -0.05) is 24.3 Å². The molecule has 1 fully saturated rings. The lowest BCUT2D eigenvalue weighted by atomic mass is 9.94. The Morgan fingerprint density at radius 1 is 1.28 bits per heavy atom. The summed E-state index contributed by atoms with van der Waals surface area (Å²) < 4.78 is 5.46. The van der Waals surface area contributed by atoms with Crippen molar-refractivity contribution in [1.82, 2.24) is 5.32 Å². The molecule has 1 aliphatic rings. The smallest absolute Gasteiger partial charge is 0.0625 e. The molecule has 0 bridgehead atoms. The van der Waals surface area contributed by atoms with Crippen LogP contribution in [0.25, 0.3) is 0 Å². The summed E-state index contributed by atoms with van der Waals surface area (Å²) >= 11 is 0. The van der Waals surface area contributed by atoms with Crippen LogP contribution in [0.2, 0.25) is 0 Å². The first-order valence-electron chi connectivity index (χ1n) is 6.95. The first-order chi connectivity index (χ1) is 8.61. The van der Waals surface area contributed by atoms with E-state index in [2.05, 4.69) is 43.4 Å². The highest BCUT2D eigenvalue weighted by Crippen LogP contribution is 2.23. The Morgan fingerprint density at radius 2 is 2.00 bits per heavy atom. The minimum absolute atomic E-state index is 0.0198. The molecule has 1 heterocycles. The van der Waals surface area contributed by atoms with Gasteiger partial charge in [-0.25, -0.2) is 0 Å². The number of methoxy groups -OCH3 is 1. The number of hydrogen-bond acceptors (Lipinski definition) is 2. The van der Waals surface area contributed by atoms with Crippen molar-refractivity contribution in [3.05, 3.63) is 35.4 Å². The largest absolute Gasteiger partial charge is 0.379 e. The Labute approximate surface area is 111 Å². The highest BCUT2D eigenvalue weighted by Gasteiger charge is 2.17. The first kappa shape index (κ1) is 13.6. The van der Waals surface area contributed by atoms with E-state index in [0.717, 1.165) is 31.8 Å². The SMILES string of the molecule is COC(C)(C)CCc1ccc(C2CCNC2)cc1. The van der Waals surface area contributed by atoms with Gasteiger partial charge in [-0.15, -0.1) is 0 Å². The number of hydrogen-bond donors (Lipinski definition) is 1. The van der Waals surface area contributed by atoms with Crippen LogP contribution in [0.1, 0.15) is 43.7 Å². The maximum atomic E-state index is 5.46. The molecule has 2 nitrogen and oxygen atoms in total. The Kier molecular flexibility index (Phi) is 4.41. The number of ether oxygens (including phenoxy) is 1. The van der Waals surface area contributed by atoms with Gasteiger partial charge in [0.15, 0.2) is 0 Å². The molecule has 1 N–H and O–H groups in total. The molecule has 1 unspecified atom stereocenters. The zero-order valence-electron chi connectivity index (χ0n) is 11.8. The van der Waals surface area contributed by atoms with Gasteiger partial charge in [-0.2, -0.15) is 0 Å². The van der Waals surface area contributed by atoms with Gasteiger partial charge in [0.05, 0.1) is 5.60 Å². The van der Waals surface area contributed by atoms with E-state index in [-0.39, 0.29) is 5.60 Å². The molecule has 100 valence electrons. The van der Waals surface area contributed by atoms with Crippen molar-refractivity contribution in [2.45, 2.75) is 44.6 Å². The van der Waals surface area contributed by atoms with E-state index in [1.54, 1.807) is 7.11 Å². The minimum Gasteiger partial charge on any atom is -0.379 e. The summed E-state index contributed by atoms with van der Waals surface area (Å²) in [5.74, 6) is 0.717. The standard InChI is InChI=1S/C16H25NO/c1-16(2,18-3)10-8-13-4-6-14(7-5-13)15-9-11-17-12-15/h4-7,15,17H,8-12H2,1-3H3. The average Bonchev–Trinajstić information content (AvgIpc) is 2.91. The van der Waals surface area contributed by atoms with E-state index in [4.69, 9.17) is 4.74 Å². The third-order valence-corrected chi connectivity index (χ3v) is 4.08. The lowest BCUT2D eigenvalue weighted by Gasteiger charge is -2.22. The van der Waals surface area contributed by atoms with Gasteiger partial charge < -0.3 is 10.1 Å². The summed E-state index contributed by atoms with van der Waals surface area (Å²) in [5.41, 5.74) is 2.87. The molecule has 1 aliphatic heterocycles. The summed E-state index contributed by atoms with van der Waals surface area (Å²) in [6.45, 7) is 6.58. The van der Waals surface area contributed by atoms with Gasteiger partial charge in [0.2, 0.25) is 0 Å². The molecular formula is C16H25NO. The molecule has 0 spiro atoms. The lowest BCUT2D eigenvalue weighted by Crippen LogP contribution is -2.22. The molecule has 0 aromatic heterocycles. The maximum Gasteiger partial charge on any atom is 0.0625 e. The Balaban J connectivity index is 1.91. The van der Waals surface area contributed by atoms with Gasteiger partial charge >= 0.3 is 0 Å². The Hall–Kier alpha value is -0.860. The fourth-order valence-electron chi connectivity index (χ4n) is 2.44. The predicted molar refractivity (Wildman–Crippen MR) is 76.1 cm³/mol. The van der Waals surface area contributed by atoms with Crippen molar-refractivity contribution in [1.29, 1.82) is 0 Å². The van der Waals surface area contributed by atoms with Gasteiger partial charge in [0, 0.05) is 13.7 Å². The predicted octanol–water partition coefficient (Wildman–Crippen LogP) is 3.12. The quantitative estimate of drug-likeness (QED) is 0.863. The van der Waals surface area contributed by atoms with Crippen LogP contribution in [-0.2, 0) is 11.2 Å². The average molecular weight is 247 g/mol. The molecule has 1 aromatic rings. The van der Waals surface area contributed by atoms with Gasteiger partial charge in [-0.3, -0.25) is 0 Å². The van der Waals surface area contributed by atoms with Gasteiger partial charge in [0.25, 0.3) is 0 Å². The molecular weight excluding hydrogens is 222 g/mol. The molecule has 2 rings (SSSR count). The normalized spacial score (nSPS) is 20.3. The van der Waals surface area contributed by atoms with Crippen molar-refractivity contribution >= 4 is 0 Å². The molecule has 2 heteroatoms. The Bertz CT molecular complexity index is 363. The third-order valence-electron chi connectivity index (χ3n) is 4.08. The van der Waals surface area contributed by atoms with Crippen LogP contribution >= 0.6 is 0 Å². The second-order valence-corrected chi connectivity index (χ2v) is 5.90. The fraction of sp³-hybridized carbons (Fsp3) is 0.625. The van der Waals surface area contributed by atoms with Crippen molar-refractivity contribution in [2.75, 3.05) is 20.2 Å². The van der Waals surface area contributed by atoms with E-state index in [1.807, 2.05) is 0 Å². The van der Waals surface area contributed by atoms with E-state index in [0.29, 0.717) is 0 Å². The highest BCUT2D eigenvalue weighted by molar-refractivity contribution is 5.26. The van der Waals surface area contributed by atoms with Crippen LogP contribution in [0.5, 0.6) is 0 Å². The number of aryl methyl sites for hydroxylation is 1. The van der Waals surface area contributed by atoms with Crippen LogP contribution in [-0.4, -0.2) is 25.8 Å². The second-order valence-electron chi connectivity index (χ2n) is 5.90. The summed E-state index contributed by atoms with van der Waals surface area (Å²) in [5, 5.41) is 3.42. The van der Waals surface area contributed by atoms with Gasteiger partial charge in [0.1, 0.15) is 0 Å². The summed E-state index contributed by atoms with van der Waals surface area (Å²) in [4.78, 5) is 0. The minimum atomic E-state index is -0.0198.